The minimum atomic E-state index is -0.0223. The van der Waals surface area contributed by atoms with E-state index in [2.05, 4.69) is 0 Å². The number of para-hydroxylation sites is 1. The van der Waals surface area contributed by atoms with E-state index in [1.165, 1.54) is 0 Å². The van der Waals surface area contributed by atoms with Gasteiger partial charge >= 0.3 is 6.03 Å². The predicted molar refractivity (Wildman–Crippen MR) is 63.5 cm³/mol. The van der Waals surface area contributed by atoms with Gasteiger partial charge in [0, 0.05) is 26.7 Å². The molecule has 0 aliphatic heterocycles. The van der Waals surface area contributed by atoms with Crippen LogP contribution in [0.15, 0.2) is 24.3 Å². The summed E-state index contributed by atoms with van der Waals surface area (Å²) < 4.78 is 5.23. The molecule has 2 amide bonds. The number of carbonyl (C=O) groups is 1. The molecule has 0 saturated heterocycles. The molecule has 0 spiro atoms. The van der Waals surface area contributed by atoms with Gasteiger partial charge in [-0.15, -0.1) is 0 Å². The van der Waals surface area contributed by atoms with Crippen molar-refractivity contribution < 1.29 is 9.53 Å². The number of nitrogens with zero attached hydrogens (tertiary/aromatic N) is 2. The van der Waals surface area contributed by atoms with E-state index in [-0.39, 0.29) is 6.03 Å². The molecule has 0 radical (unpaired) electrons. The van der Waals surface area contributed by atoms with Gasteiger partial charge in [-0.1, -0.05) is 18.2 Å². The van der Waals surface area contributed by atoms with Crippen LogP contribution in [-0.2, 0) is 6.54 Å². The summed E-state index contributed by atoms with van der Waals surface area (Å²) in [5, 5.41) is 0. The molecule has 0 aliphatic carbocycles. The lowest BCUT2D eigenvalue weighted by atomic mass is 10.2. The van der Waals surface area contributed by atoms with E-state index in [0.29, 0.717) is 6.54 Å². The van der Waals surface area contributed by atoms with Crippen LogP contribution in [0.3, 0.4) is 0 Å². The summed E-state index contributed by atoms with van der Waals surface area (Å²) in [7, 11) is 6.88. The van der Waals surface area contributed by atoms with Crippen molar-refractivity contribution in [3.8, 4) is 5.75 Å². The Morgan fingerprint density at radius 3 is 2.44 bits per heavy atom. The quantitative estimate of drug-likeness (QED) is 0.781. The van der Waals surface area contributed by atoms with Crippen molar-refractivity contribution in [3.05, 3.63) is 29.8 Å². The van der Waals surface area contributed by atoms with Crippen LogP contribution < -0.4 is 4.74 Å². The normalized spacial score (nSPS) is 9.75. The van der Waals surface area contributed by atoms with Crippen LogP contribution in [0, 0.1) is 0 Å². The summed E-state index contributed by atoms with van der Waals surface area (Å²) in [4.78, 5) is 14.9. The van der Waals surface area contributed by atoms with Crippen molar-refractivity contribution in [2.45, 2.75) is 6.54 Å². The van der Waals surface area contributed by atoms with Crippen LogP contribution in [0.5, 0.6) is 5.75 Å². The summed E-state index contributed by atoms with van der Waals surface area (Å²) in [5.74, 6) is 0.806. The van der Waals surface area contributed by atoms with Gasteiger partial charge in [-0.05, 0) is 6.07 Å². The molecule has 0 aromatic heterocycles. The van der Waals surface area contributed by atoms with Crippen LogP contribution in [0.1, 0.15) is 5.56 Å². The summed E-state index contributed by atoms with van der Waals surface area (Å²) in [6.45, 7) is 0.543. The first kappa shape index (κ1) is 12.4. The third kappa shape index (κ3) is 2.89. The van der Waals surface area contributed by atoms with Crippen LogP contribution >= 0.6 is 0 Å². The first-order valence-electron chi connectivity index (χ1n) is 5.10. The summed E-state index contributed by atoms with van der Waals surface area (Å²) in [5.41, 5.74) is 1.00. The molecular formula is C12H18N2O2. The fraction of sp³-hybridized carbons (Fsp3) is 0.417. The highest BCUT2D eigenvalue weighted by atomic mass is 16.5. The van der Waals surface area contributed by atoms with Gasteiger partial charge in [-0.3, -0.25) is 0 Å². The molecule has 4 nitrogen and oxygen atoms in total. The van der Waals surface area contributed by atoms with E-state index >= 15 is 0 Å². The van der Waals surface area contributed by atoms with Gasteiger partial charge in [0.2, 0.25) is 0 Å². The predicted octanol–water partition coefficient (Wildman–Crippen LogP) is 1.81. The number of methoxy groups -OCH3 is 1. The molecule has 0 fully saturated rings. The highest BCUT2D eigenvalue weighted by molar-refractivity contribution is 5.73. The summed E-state index contributed by atoms with van der Waals surface area (Å²) in [6, 6.07) is 7.68. The van der Waals surface area contributed by atoms with Crippen molar-refractivity contribution in [2.24, 2.45) is 0 Å². The number of hydrogen-bond acceptors (Lipinski definition) is 2. The smallest absolute Gasteiger partial charge is 0.319 e. The maximum Gasteiger partial charge on any atom is 0.319 e. The van der Waals surface area contributed by atoms with Crippen LogP contribution in [0.25, 0.3) is 0 Å². The fourth-order valence-corrected chi connectivity index (χ4v) is 1.50. The van der Waals surface area contributed by atoms with Crippen molar-refractivity contribution in [1.29, 1.82) is 0 Å². The third-order valence-corrected chi connectivity index (χ3v) is 2.31. The Balaban J connectivity index is 2.76. The number of ether oxygens (including phenoxy) is 1. The minimum absolute atomic E-state index is 0.0223. The lowest BCUT2D eigenvalue weighted by Gasteiger charge is -2.22. The van der Waals surface area contributed by atoms with Gasteiger partial charge in [-0.2, -0.15) is 0 Å². The molecule has 1 rings (SSSR count). The highest BCUT2D eigenvalue weighted by Crippen LogP contribution is 2.18. The van der Waals surface area contributed by atoms with Gasteiger partial charge in [0.25, 0.3) is 0 Å². The van der Waals surface area contributed by atoms with Crippen molar-refractivity contribution in [1.82, 2.24) is 9.80 Å². The highest BCUT2D eigenvalue weighted by Gasteiger charge is 2.12. The van der Waals surface area contributed by atoms with Gasteiger partial charge in [0.15, 0.2) is 0 Å². The van der Waals surface area contributed by atoms with Crippen LogP contribution in [-0.4, -0.2) is 44.1 Å². The summed E-state index contributed by atoms with van der Waals surface area (Å²) in [6.07, 6.45) is 0. The van der Waals surface area contributed by atoms with Crippen molar-refractivity contribution in [2.75, 3.05) is 28.3 Å². The molecule has 16 heavy (non-hydrogen) atoms. The Morgan fingerprint density at radius 2 is 1.88 bits per heavy atom. The zero-order chi connectivity index (χ0) is 12.1. The lowest BCUT2D eigenvalue weighted by molar-refractivity contribution is 0.179. The molecule has 1 aromatic carbocycles. The average molecular weight is 222 g/mol. The lowest BCUT2D eigenvalue weighted by Crippen LogP contribution is -2.35. The van der Waals surface area contributed by atoms with Gasteiger partial charge < -0.3 is 14.5 Å². The molecule has 0 saturated carbocycles. The van der Waals surface area contributed by atoms with Crippen molar-refractivity contribution in [3.63, 3.8) is 0 Å². The van der Waals surface area contributed by atoms with E-state index in [0.717, 1.165) is 11.3 Å². The molecule has 88 valence electrons. The van der Waals surface area contributed by atoms with E-state index in [1.807, 2.05) is 24.3 Å². The number of benzene rings is 1. The Morgan fingerprint density at radius 1 is 1.25 bits per heavy atom. The average Bonchev–Trinajstić information content (AvgIpc) is 2.28. The largest absolute Gasteiger partial charge is 0.496 e. The number of rotatable bonds is 3. The van der Waals surface area contributed by atoms with Gasteiger partial charge in [0.05, 0.1) is 13.7 Å². The number of carbonyl (C=O) groups excluding carboxylic acids is 1. The zero-order valence-corrected chi connectivity index (χ0v) is 10.2. The van der Waals surface area contributed by atoms with Gasteiger partial charge in [-0.25, -0.2) is 4.79 Å². The first-order chi connectivity index (χ1) is 7.56. The van der Waals surface area contributed by atoms with E-state index in [1.54, 1.807) is 38.1 Å². The maximum atomic E-state index is 11.7. The Hall–Kier alpha value is -1.71. The second kappa shape index (κ2) is 5.39. The molecule has 0 heterocycles. The standard InChI is InChI=1S/C12H18N2O2/c1-13(2)12(15)14(3)9-10-7-5-6-8-11(10)16-4/h5-8H,9H2,1-4H3. The van der Waals surface area contributed by atoms with Gasteiger partial charge in [0.1, 0.15) is 5.75 Å². The minimum Gasteiger partial charge on any atom is -0.496 e. The Kier molecular flexibility index (Phi) is 4.17. The molecule has 0 unspecified atom stereocenters. The molecular weight excluding hydrogens is 204 g/mol. The third-order valence-electron chi connectivity index (χ3n) is 2.31. The van der Waals surface area contributed by atoms with Crippen LogP contribution in [0.4, 0.5) is 4.79 Å². The Bertz CT molecular complexity index is 364. The van der Waals surface area contributed by atoms with Crippen molar-refractivity contribution >= 4 is 6.03 Å². The Labute approximate surface area is 96.4 Å². The fourth-order valence-electron chi connectivity index (χ4n) is 1.50. The molecule has 0 N–H and O–H groups in total. The second-order valence-electron chi connectivity index (χ2n) is 3.84. The zero-order valence-electron chi connectivity index (χ0n) is 10.2. The number of hydrogen-bond donors (Lipinski definition) is 0. The monoisotopic (exact) mass is 222 g/mol. The van der Waals surface area contributed by atoms with E-state index in [4.69, 9.17) is 4.74 Å². The SMILES string of the molecule is COc1ccccc1CN(C)C(=O)N(C)C. The molecule has 0 atom stereocenters. The number of urea groups is 1. The maximum absolute atomic E-state index is 11.7. The van der Waals surface area contributed by atoms with E-state index < -0.39 is 0 Å². The first-order valence-corrected chi connectivity index (χ1v) is 5.10. The second-order valence-corrected chi connectivity index (χ2v) is 3.84. The molecule has 0 bridgehead atoms. The molecule has 4 heteroatoms. The topological polar surface area (TPSA) is 32.8 Å². The molecule has 1 aromatic rings. The number of amides is 2. The van der Waals surface area contributed by atoms with Crippen LogP contribution in [0.2, 0.25) is 0 Å². The summed E-state index contributed by atoms with van der Waals surface area (Å²) >= 11 is 0. The van der Waals surface area contributed by atoms with E-state index in [9.17, 15) is 4.79 Å². The molecule has 0 aliphatic rings.